The van der Waals surface area contributed by atoms with E-state index in [1.165, 1.54) is 15.9 Å². The first-order valence-corrected chi connectivity index (χ1v) is 12.3. The van der Waals surface area contributed by atoms with Crippen molar-refractivity contribution in [3.05, 3.63) is 65.4 Å². The van der Waals surface area contributed by atoms with Gasteiger partial charge in [0.05, 0.1) is 18.1 Å². The van der Waals surface area contributed by atoms with E-state index in [4.69, 9.17) is 9.15 Å². The van der Waals surface area contributed by atoms with Gasteiger partial charge in [-0.3, -0.25) is 4.79 Å². The van der Waals surface area contributed by atoms with Gasteiger partial charge in [-0.15, -0.1) is 0 Å². The van der Waals surface area contributed by atoms with Crippen LogP contribution in [0.2, 0.25) is 0 Å². The highest BCUT2D eigenvalue weighted by Gasteiger charge is 2.28. The van der Waals surface area contributed by atoms with Gasteiger partial charge in [-0.1, -0.05) is 30.3 Å². The fraction of sp³-hybridized carbons (Fsp3) is 0.375. The molecule has 1 aliphatic rings. The lowest BCUT2D eigenvalue weighted by atomic mass is 10.1. The molecule has 0 bridgehead atoms. The lowest BCUT2D eigenvalue weighted by Crippen LogP contribution is -2.40. The highest BCUT2D eigenvalue weighted by molar-refractivity contribution is 7.89. The van der Waals surface area contributed by atoms with Crippen molar-refractivity contribution in [3.63, 3.8) is 0 Å². The molecule has 1 amide bonds. The Morgan fingerprint density at radius 3 is 2.56 bits per heavy atom. The summed E-state index contributed by atoms with van der Waals surface area (Å²) in [7, 11) is -3.62. The summed E-state index contributed by atoms with van der Waals surface area (Å²) in [5.41, 5.74) is 2.35. The van der Waals surface area contributed by atoms with Gasteiger partial charge in [0, 0.05) is 30.1 Å². The SMILES string of the molecule is Cc1c(C(=O)N[C@H](C)CCc2ccccc2)oc2ccc(S(=O)(=O)N3CCOCC3)cc12. The molecule has 1 atom stereocenters. The van der Waals surface area contributed by atoms with Crippen molar-refractivity contribution in [1.82, 2.24) is 9.62 Å². The maximum absolute atomic E-state index is 13.0. The van der Waals surface area contributed by atoms with Crippen LogP contribution >= 0.6 is 0 Å². The quantitative estimate of drug-likeness (QED) is 0.588. The molecule has 1 N–H and O–H groups in total. The molecule has 1 aromatic heterocycles. The first-order valence-electron chi connectivity index (χ1n) is 10.8. The minimum atomic E-state index is -3.62. The number of hydrogen-bond donors (Lipinski definition) is 1. The second kappa shape index (κ2) is 9.44. The molecule has 0 unspecified atom stereocenters. The van der Waals surface area contributed by atoms with Crippen molar-refractivity contribution in [2.24, 2.45) is 0 Å². The molecular formula is C24H28N2O5S. The number of morpholine rings is 1. The molecule has 1 fully saturated rings. The maximum atomic E-state index is 13.0. The number of carbonyl (C=O) groups is 1. The Kier molecular flexibility index (Phi) is 6.64. The summed E-state index contributed by atoms with van der Waals surface area (Å²) < 4.78 is 38.4. The summed E-state index contributed by atoms with van der Waals surface area (Å²) in [5, 5.41) is 3.62. The van der Waals surface area contributed by atoms with Crippen LogP contribution in [0.15, 0.2) is 57.8 Å². The fourth-order valence-corrected chi connectivity index (χ4v) is 5.34. The van der Waals surface area contributed by atoms with Crippen LogP contribution in [0.25, 0.3) is 11.0 Å². The largest absolute Gasteiger partial charge is 0.451 e. The lowest BCUT2D eigenvalue weighted by molar-refractivity contribution is 0.0730. The van der Waals surface area contributed by atoms with Gasteiger partial charge in [0.15, 0.2) is 5.76 Å². The average Bonchev–Trinajstić information content (AvgIpc) is 3.15. The molecule has 3 aromatic rings. The number of nitrogens with zero attached hydrogens (tertiary/aromatic N) is 1. The number of rotatable bonds is 7. The number of fused-ring (bicyclic) bond motifs is 1. The van der Waals surface area contributed by atoms with Crippen LogP contribution < -0.4 is 5.32 Å². The van der Waals surface area contributed by atoms with E-state index in [1.807, 2.05) is 25.1 Å². The monoisotopic (exact) mass is 456 g/mol. The zero-order chi connectivity index (χ0) is 22.7. The second-order valence-corrected chi connectivity index (χ2v) is 10.1. The van der Waals surface area contributed by atoms with Crippen LogP contribution in [-0.2, 0) is 21.2 Å². The van der Waals surface area contributed by atoms with Crippen molar-refractivity contribution in [3.8, 4) is 0 Å². The Morgan fingerprint density at radius 2 is 1.84 bits per heavy atom. The molecule has 7 nitrogen and oxygen atoms in total. The predicted molar refractivity (Wildman–Crippen MR) is 122 cm³/mol. The molecule has 2 heterocycles. The van der Waals surface area contributed by atoms with Crippen molar-refractivity contribution in [1.29, 1.82) is 0 Å². The summed E-state index contributed by atoms with van der Waals surface area (Å²) in [6.07, 6.45) is 1.67. The predicted octanol–water partition coefficient (Wildman–Crippen LogP) is 3.51. The summed E-state index contributed by atoms with van der Waals surface area (Å²) in [4.78, 5) is 13.0. The summed E-state index contributed by atoms with van der Waals surface area (Å²) in [6.45, 7) is 5.18. The van der Waals surface area contributed by atoms with Crippen LogP contribution in [0.3, 0.4) is 0 Å². The van der Waals surface area contributed by atoms with E-state index in [9.17, 15) is 13.2 Å². The van der Waals surface area contributed by atoms with E-state index < -0.39 is 10.0 Å². The number of ether oxygens (including phenoxy) is 1. The third-order valence-corrected chi connectivity index (χ3v) is 7.70. The summed E-state index contributed by atoms with van der Waals surface area (Å²) in [6, 6.07) is 14.8. The third kappa shape index (κ3) is 4.72. The second-order valence-electron chi connectivity index (χ2n) is 8.13. The van der Waals surface area contributed by atoms with Crippen LogP contribution in [0, 0.1) is 6.92 Å². The number of furan rings is 1. The van der Waals surface area contributed by atoms with Gasteiger partial charge in [0.2, 0.25) is 10.0 Å². The van der Waals surface area contributed by atoms with Gasteiger partial charge in [-0.05, 0) is 50.5 Å². The average molecular weight is 457 g/mol. The van der Waals surface area contributed by atoms with Crippen molar-refractivity contribution < 1.29 is 22.4 Å². The van der Waals surface area contributed by atoms with E-state index in [1.54, 1.807) is 19.1 Å². The molecule has 0 saturated carbocycles. The smallest absolute Gasteiger partial charge is 0.287 e. The highest BCUT2D eigenvalue weighted by Crippen LogP contribution is 2.29. The zero-order valence-electron chi connectivity index (χ0n) is 18.3. The van der Waals surface area contributed by atoms with E-state index in [0.29, 0.717) is 42.8 Å². The maximum Gasteiger partial charge on any atom is 0.287 e. The number of nitrogens with one attached hydrogen (secondary N) is 1. The Labute approximate surface area is 188 Å². The Hall–Kier alpha value is -2.68. The highest BCUT2D eigenvalue weighted by atomic mass is 32.2. The fourth-order valence-electron chi connectivity index (χ4n) is 3.90. The molecule has 0 aliphatic carbocycles. The molecule has 170 valence electrons. The number of benzene rings is 2. The van der Waals surface area contributed by atoms with Crippen molar-refractivity contribution in [2.45, 2.75) is 37.6 Å². The molecule has 0 spiro atoms. The van der Waals surface area contributed by atoms with Crippen molar-refractivity contribution in [2.75, 3.05) is 26.3 Å². The van der Waals surface area contributed by atoms with Gasteiger partial charge in [-0.2, -0.15) is 4.31 Å². The Balaban J connectivity index is 1.49. The number of hydrogen-bond acceptors (Lipinski definition) is 5. The third-order valence-electron chi connectivity index (χ3n) is 5.81. The molecule has 4 rings (SSSR count). The van der Waals surface area contributed by atoms with Gasteiger partial charge in [0.1, 0.15) is 5.58 Å². The summed E-state index contributed by atoms with van der Waals surface area (Å²) >= 11 is 0. The van der Waals surface area contributed by atoms with Crippen molar-refractivity contribution >= 4 is 26.9 Å². The molecule has 2 aromatic carbocycles. The van der Waals surface area contributed by atoms with E-state index >= 15 is 0 Å². The van der Waals surface area contributed by atoms with Crippen LogP contribution in [0.4, 0.5) is 0 Å². The van der Waals surface area contributed by atoms with Gasteiger partial charge in [0.25, 0.3) is 5.91 Å². The number of amides is 1. The minimum absolute atomic E-state index is 0.0347. The Morgan fingerprint density at radius 1 is 1.12 bits per heavy atom. The molecule has 0 radical (unpaired) electrons. The van der Waals surface area contributed by atoms with Crippen LogP contribution in [0.5, 0.6) is 0 Å². The number of carbonyl (C=O) groups excluding carboxylic acids is 1. The lowest BCUT2D eigenvalue weighted by Gasteiger charge is -2.26. The van der Waals surface area contributed by atoms with Crippen LogP contribution in [0.1, 0.15) is 35.0 Å². The summed E-state index contributed by atoms with van der Waals surface area (Å²) in [5.74, 6) is -0.0793. The van der Waals surface area contributed by atoms with E-state index in [0.717, 1.165) is 12.8 Å². The number of sulfonamides is 1. The molecule has 1 saturated heterocycles. The Bertz CT molecular complexity index is 1200. The molecule has 32 heavy (non-hydrogen) atoms. The minimum Gasteiger partial charge on any atom is -0.451 e. The first-order chi connectivity index (χ1) is 15.4. The van der Waals surface area contributed by atoms with Crippen LogP contribution in [-0.4, -0.2) is 51.0 Å². The normalized spacial score (nSPS) is 16.2. The standard InChI is InChI=1S/C24H28N2O5S/c1-17(8-9-19-6-4-3-5-7-19)25-24(27)23-18(2)21-16-20(10-11-22(21)31-23)32(28,29)26-12-14-30-15-13-26/h3-7,10-11,16-17H,8-9,12-15H2,1-2H3,(H,25,27)/t17-/m1/s1. The first kappa shape index (κ1) is 22.5. The molecule has 1 aliphatic heterocycles. The topological polar surface area (TPSA) is 88.8 Å². The number of aryl methyl sites for hydroxylation is 2. The van der Waals surface area contributed by atoms with Gasteiger partial charge < -0.3 is 14.5 Å². The van der Waals surface area contributed by atoms with E-state index in [2.05, 4.69) is 17.4 Å². The molecular weight excluding hydrogens is 428 g/mol. The molecule has 8 heteroatoms. The van der Waals surface area contributed by atoms with Gasteiger partial charge >= 0.3 is 0 Å². The van der Waals surface area contributed by atoms with Gasteiger partial charge in [-0.25, -0.2) is 8.42 Å². The van der Waals surface area contributed by atoms with E-state index in [-0.39, 0.29) is 22.6 Å². The zero-order valence-corrected chi connectivity index (χ0v) is 19.2.